The first kappa shape index (κ1) is 16.2. The minimum atomic E-state index is -0.206. The van der Waals surface area contributed by atoms with Gasteiger partial charge in [-0.25, -0.2) is 4.98 Å². The van der Waals surface area contributed by atoms with Crippen molar-refractivity contribution in [2.24, 2.45) is 0 Å². The van der Waals surface area contributed by atoms with Gasteiger partial charge in [0.05, 0.1) is 19.2 Å². The third-order valence-corrected chi connectivity index (χ3v) is 4.03. The highest BCUT2D eigenvalue weighted by atomic mass is 32.1. The number of nitrogens with zero attached hydrogens (tertiary/aromatic N) is 2. The second-order valence-corrected chi connectivity index (χ2v) is 5.60. The summed E-state index contributed by atoms with van der Waals surface area (Å²) in [6, 6.07) is 3.28. The average molecular weight is 321 g/mol. The van der Waals surface area contributed by atoms with E-state index in [4.69, 9.17) is 9.47 Å². The van der Waals surface area contributed by atoms with Gasteiger partial charge in [0.25, 0.3) is 5.91 Å². The molecule has 0 aliphatic rings. The van der Waals surface area contributed by atoms with E-state index in [-0.39, 0.29) is 11.8 Å². The number of pyridine rings is 1. The molecule has 0 unspecified atom stereocenters. The van der Waals surface area contributed by atoms with Gasteiger partial charge in [-0.15, -0.1) is 11.3 Å². The summed E-state index contributed by atoms with van der Waals surface area (Å²) in [4.78, 5) is 20.6. The molecule has 2 heterocycles. The van der Waals surface area contributed by atoms with Gasteiger partial charge >= 0.3 is 0 Å². The Kier molecular flexibility index (Phi) is 5.71. The first-order valence-corrected chi connectivity index (χ1v) is 7.80. The van der Waals surface area contributed by atoms with Crippen molar-refractivity contribution >= 4 is 17.2 Å². The molecule has 2 rings (SSSR count). The van der Waals surface area contributed by atoms with E-state index in [1.165, 1.54) is 14.2 Å². The zero-order valence-electron chi connectivity index (χ0n) is 12.9. The van der Waals surface area contributed by atoms with Gasteiger partial charge in [0.2, 0.25) is 11.8 Å². The Bertz CT molecular complexity index is 643. The van der Waals surface area contributed by atoms with Gasteiger partial charge in [-0.1, -0.05) is 0 Å². The molecule has 1 N–H and O–H groups in total. The van der Waals surface area contributed by atoms with Gasteiger partial charge in [0.15, 0.2) is 0 Å². The van der Waals surface area contributed by atoms with Crippen LogP contribution < -0.4 is 14.8 Å². The second-order valence-electron chi connectivity index (χ2n) is 4.65. The van der Waals surface area contributed by atoms with Crippen LogP contribution in [0.4, 0.5) is 0 Å². The fourth-order valence-corrected chi connectivity index (χ4v) is 2.74. The fourth-order valence-electron chi connectivity index (χ4n) is 1.92. The quantitative estimate of drug-likeness (QED) is 0.792. The molecule has 0 fully saturated rings. The normalized spacial score (nSPS) is 10.3. The van der Waals surface area contributed by atoms with Crippen molar-refractivity contribution in [3.8, 4) is 11.8 Å². The van der Waals surface area contributed by atoms with Gasteiger partial charge in [0.1, 0.15) is 5.56 Å². The Morgan fingerprint density at radius 2 is 2.09 bits per heavy atom. The van der Waals surface area contributed by atoms with Gasteiger partial charge in [-0.05, 0) is 19.4 Å². The number of thiazole rings is 1. The van der Waals surface area contributed by atoms with Crippen molar-refractivity contribution in [2.75, 3.05) is 20.8 Å². The van der Waals surface area contributed by atoms with Crippen LogP contribution in [0.15, 0.2) is 17.5 Å². The summed E-state index contributed by atoms with van der Waals surface area (Å²) in [6.45, 7) is 2.55. The number of carbonyl (C=O) groups excluding carboxylic acids is 1. The Balaban J connectivity index is 1.86. The fraction of sp³-hybridized carbons (Fsp3) is 0.400. The molecule has 0 spiro atoms. The van der Waals surface area contributed by atoms with Gasteiger partial charge in [-0.2, -0.15) is 4.98 Å². The SMILES string of the molecule is COc1ccc(C(=O)NCCCc2nc(C)cs2)c(OC)n1. The number of methoxy groups -OCH3 is 2. The number of aryl methyl sites for hydroxylation is 2. The lowest BCUT2D eigenvalue weighted by atomic mass is 10.2. The Morgan fingerprint density at radius 1 is 1.27 bits per heavy atom. The van der Waals surface area contributed by atoms with E-state index in [0.717, 1.165) is 23.5 Å². The summed E-state index contributed by atoms with van der Waals surface area (Å²) in [5.41, 5.74) is 1.44. The molecular weight excluding hydrogens is 302 g/mol. The number of hydrogen-bond donors (Lipinski definition) is 1. The number of rotatable bonds is 7. The van der Waals surface area contributed by atoms with Crippen LogP contribution in [0.1, 0.15) is 27.5 Å². The van der Waals surface area contributed by atoms with Crippen LogP contribution in [-0.4, -0.2) is 36.6 Å². The van der Waals surface area contributed by atoms with Crippen molar-refractivity contribution in [2.45, 2.75) is 19.8 Å². The predicted octanol–water partition coefficient (Wildman–Crippen LogP) is 2.23. The van der Waals surface area contributed by atoms with Crippen LogP contribution in [0.3, 0.4) is 0 Å². The predicted molar refractivity (Wildman–Crippen MR) is 84.8 cm³/mol. The lowest BCUT2D eigenvalue weighted by molar-refractivity contribution is 0.0949. The highest BCUT2D eigenvalue weighted by Crippen LogP contribution is 2.19. The van der Waals surface area contributed by atoms with E-state index < -0.39 is 0 Å². The average Bonchev–Trinajstić information content (AvgIpc) is 2.96. The smallest absolute Gasteiger partial charge is 0.256 e. The lowest BCUT2D eigenvalue weighted by Crippen LogP contribution is -2.25. The first-order chi connectivity index (χ1) is 10.6. The summed E-state index contributed by atoms with van der Waals surface area (Å²) in [7, 11) is 2.99. The van der Waals surface area contributed by atoms with Crippen LogP contribution >= 0.6 is 11.3 Å². The summed E-state index contributed by atoms with van der Waals surface area (Å²) >= 11 is 1.65. The van der Waals surface area contributed by atoms with E-state index in [1.807, 2.05) is 12.3 Å². The zero-order valence-corrected chi connectivity index (χ0v) is 13.7. The summed E-state index contributed by atoms with van der Waals surface area (Å²) < 4.78 is 10.1. The van der Waals surface area contributed by atoms with Crippen molar-refractivity contribution in [3.05, 3.63) is 33.8 Å². The first-order valence-electron chi connectivity index (χ1n) is 6.92. The molecule has 0 saturated heterocycles. The third-order valence-electron chi connectivity index (χ3n) is 3.00. The van der Waals surface area contributed by atoms with E-state index in [9.17, 15) is 4.79 Å². The molecule has 0 aromatic carbocycles. The second kappa shape index (κ2) is 7.74. The van der Waals surface area contributed by atoms with Crippen molar-refractivity contribution in [1.29, 1.82) is 0 Å². The lowest BCUT2D eigenvalue weighted by Gasteiger charge is -2.09. The molecule has 0 saturated carbocycles. The molecule has 0 bridgehead atoms. The van der Waals surface area contributed by atoms with Gasteiger partial charge in [0, 0.05) is 30.1 Å². The molecule has 0 aliphatic carbocycles. The minimum Gasteiger partial charge on any atom is -0.481 e. The van der Waals surface area contributed by atoms with Crippen molar-refractivity contribution in [1.82, 2.24) is 15.3 Å². The van der Waals surface area contributed by atoms with E-state index in [1.54, 1.807) is 23.5 Å². The maximum Gasteiger partial charge on any atom is 0.256 e. The molecule has 22 heavy (non-hydrogen) atoms. The topological polar surface area (TPSA) is 73.3 Å². The molecule has 2 aromatic rings. The number of amides is 1. The Hall–Kier alpha value is -2.15. The maximum absolute atomic E-state index is 12.2. The zero-order chi connectivity index (χ0) is 15.9. The van der Waals surface area contributed by atoms with Crippen LogP contribution in [0.2, 0.25) is 0 Å². The van der Waals surface area contributed by atoms with Crippen molar-refractivity contribution < 1.29 is 14.3 Å². The van der Waals surface area contributed by atoms with Crippen molar-refractivity contribution in [3.63, 3.8) is 0 Å². The van der Waals surface area contributed by atoms with Crippen LogP contribution in [0.5, 0.6) is 11.8 Å². The van der Waals surface area contributed by atoms with E-state index in [0.29, 0.717) is 18.0 Å². The number of aromatic nitrogens is 2. The molecule has 0 atom stereocenters. The minimum absolute atomic E-state index is 0.206. The van der Waals surface area contributed by atoms with E-state index >= 15 is 0 Å². The third kappa shape index (κ3) is 4.17. The maximum atomic E-state index is 12.2. The molecule has 0 radical (unpaired) electrons. The molecule has 2 aromatic heterocycles. The highest BCUT2D eigenvalue weighted by molar-refractivity contribution is 7.09. The molecule has 0 aliphatic heterocycles. The van der Waals surface area contributed by atoms with Crippen LogP contribution in [0, 0.1) is 6.92 Å². The Labute approximate surface area is 133 Å². The Morgan fingerprint density at radius 3 is 2.73 bits per heavy atom. The number of hydrogen-bond acceptors (Lipinski definition) is 6. The van der Waals surface area contributed by atoms with Crippen LogP contribution in [0.25, 0.3) is 0 Å². The number of nitrogens with one attached hydrogen (secondary N) is 1. The monoisotopic (exact) mass is 321 g/mol. The van der Waals surface area contributed by atoms with E-state index in [2.05, 4.69) is 15.3 Å². The standard InChI is InChI=1S/C15H19N3O3S/c1-10-9-22-13(17-10)5-4-8-16-14(19)11-6-7-12(20-2)18-15(11)21-3/h6-7,9H,4-5,8H2,1-3H3,(H,16,19). The number of carbonyl (C=O) groups is 1. The molecule has 6 nitrogen and oxygen atoms in total. The molecule has 118 valence electrons. The molecule has 1 amide bonds. The van der Waals surface area contributed by atoms with Crippen LogP contribution in [-0.2, 0) is 6.42 Å². The molecule has 7 heteroatoms. The van der Waals surface area contributed by atoms with Gasteiger partial charge in [-0.3, -0.25) is 4.79 Å². The molecular formula is C15H19N3O3S. The summed E-state index contributed by atoms with van der Waals surface area (Å²) in [5, 5.41) is 5.99. The van der Waals surface area contributed by atoms with Gasteiger partial charge < -0.3 is 14.8 Å². The summed E-state index contributed by atoms with van der Waals surface area (Å²) in [6.07, 6.45) is 1.70. The highest BCUT2D eigenvalue weighted by Gasteiger charge is 2.14. The largest absolute Gasteiger partial charge is 0.481 e. The summed E-state index contributed by atoms with van der Waals surface area (Å²) in [5.74, 6) is 0.460. The number of ether oxygens (including phenoxy) is 2.